The topological polar surface area (TPSA) is 83.7 Å². The van der Waals surface area contributed by atoms with Gasteiger partial charge in [-0.05, 0) is 11.6 Å². The third-order valence-corrected chi connectivity index (χ3v) is 4.28. The number of aliphatic hydroxyl groups is 2. The van der Waals surface area contributed by atoms with Gasteiger partial charge in [-0.15, -0.1) is 0 Å². The van der Waals surface area contributed by atoms with Gasteiger partial charge in [0, 0.05) is 36.3 Å². The minimum absolute atomic E-state index is 0.113. The number of carbonyl (C=O) groups excluding carboxylic acids is 1. The number of aromatic nitrogens is 1. The number of ether oxygens (including phenoxy) is 1. The molecular weight excluding hydrogens is 332 g/mol. The molecule has 6 nitrogen and oxygen atoms in total. The summed E-state index contributed by atoms with van der Waals surface area (Å²) in [5, 5.41) is 24.1. The molecule has 2 aromatic carbocycles. The Morgan fingerprint density at radius 1 is 1.12 bits per heavy atom. The molecule has 6 heteroatoms. The molecule has 0 saturated carbocycles. The predicted molar refractivity (Wildman–Crippen MR) is 98.5 cm³/mol. The Kier molecular flexibility index (Phi) is 5.55. The van der Waals surface area contributed by atoms with Gasteiger partial charge in [-0.1, -0.05) is 48.5 Å². The van der Waals surface area contributed by atoms with Crippen LogP contribution in [0.2, 0.25) is 0 Å². The predicted octanol–water partition coefficient (Wildman–Crippen LogP) is 2.50. The van der Waals surface area contributed by atoms with Crippen molar-refractivity contribution in [3.05, 3.63) is 71.9 Å². The lowest BCUT2D eigenvalue weighted by Gasteiger charge is -2.18. The van der Waals surface area contributed by atoms with Gasteiger partial charge >= 0.3 is 6.09 Å². The molecule has 26 heavy (non-hydrogen) atoms. The molecule has 3 rings (SSSR count). The average molecular weight is 354 g/mol. The maximum atomic E-state index is 11.8. The zero-order valence-electron chi connectivity index (χ0n) is 14.5. The molecule has 0 spiro atoms. The van der Waals surface area contributed by atoms with Gasteiger partial charge < -0.3 is 24.8 Å². The molecule has 3 N–H and O–H groups in total. The summed E-state index contributed by atoms with van der Waals surface area (Å²) in [5.41, 5.74) is 2.46. The fourth-order valence-corrected chi connectivity index (χ4v) is 2.89. The second kappa shape index (κ2) is 8.03. The van der Waals surface area contributed by atoms with Crippen LogP contribution in [-0.2, 0) is 18.4 Å². The molecule has 0 bridgehead atoms. The monoisotopic (exact) mass is 354 g/mol. The first kappa shape index (κ1) is 18.0. The molecule has 0 saturated heterocycles. The number of aryl methyl sites for hydroxylation is 1. The zero-order chi connectivity index (χ0) is 18.5. The summed E-state index contributed by atoms with van der Waals surface area (Å²) in [4.78, 5) is 11.8. The van der Waals surface area contributed by atoms with Crippen LogP contribution in [0.25, 0.3) is 10.9 Å². The molecule has 136 valence electrons. The summed E-state index contributed by atoms with van der Waals surface area (Å²) in [6.45, 7) is 0.0344. The number of para-hydroxylation sites is 1. The van der Waals surface area contributed by atoms with Gasteiger partial charge in [0.2, 0.25) is 0 Å². The maximum Gasteiger partial charge on any atom is 0.407 e. The van der Waals surface area contributed by atoms with E-state index in [4.69, 9.17) is 4.74 Å². The van der Waals surface area contributed by atoms with E-state index in [-0.39, 0.29) is 13.2 Å². The fraction of sp³-hybridized carbons (Fsp3) is 0.250. The Hall–Kier alpha value is -2.83. The largest absolute Gasteiger partial charge is 0.445 e. The van der Waals surface area contributed by atoms with Crippen LogP contribution in [-0.4, -0.2) is 33.5 Å². The van der Waals surface area contributed by atoms with Crippen LogP contribution >= 0.6 is 0 Å². The van der Waals surface area contributed by atoms with Crippen LogP contribution in [0.3, 0.4) is 0 Å². The molecule has 0 radical (unpaired) electrons. The molecule has 2 unspecified atom stereocenters. The van der Waals surface area contributed by atoms with E-state index < -0.39 is 18.3 Å². The van der Waals surface area contributed by atoms with Crippen LogP contribution in [0.15, 0.2) is 60.8 Å². The minimum Gasteiger partial charge on any atom is -0.445 e. The number of hydrogen-bond donors (Lipinski definition) is 3. The number of rotatable bonds is 6. The Balaban J connectivity index is 1.55. The Bertz CT molecular complexity index is 876. The number of nitrogens with one attached hydrogen (secondary N) is 1. The molecule has 0 aliphatic rings. The van der Waals surface area contributed by atoms with E-state index >= 15 is 0 Å². The Morgan fingerprint density at radius 3 is 2.58 bits per heavy atom. The normalized spacial score (nSPS) is 13.3. The van der Waals surface area contributed by atoms with E-state index in [2.05, 4.69) is 5.32 Å². The lowest BCUT2D eigenvalue weighted by Crippen LogP contribution is -2.35. The summed E-state index contributed by atoms with van der Waals surface area (Å²) in [6.07, 6.45) is -1.12. The molecule has 0 fully saturated rings. The van der Waals surface area contributed by atoms with Crippen molar-refractivity contribution in [2.45, 2.75) is 18.8 Å². The SMILES string of the molecule is Cn1cc(C(O)C(O)CNC(=O)OCc2ccccc2)c2ccccc21. The van der Waals surface area contributed by atoms with E-state index in [9.17, 15) is 15.0 Å². The third kappa shape index (κ3) is 4.04. The van der Waals surface area contributed by atoms with Crippen molar-refractivity contribution in [3.63, 3.8) is 0 Å². The summed E-state index contributed by atoms with van der Waals surface area (Å²) in [5.74, 6) is 0. The highest BCUT2D eigenvalue weighted by Crippen LogP contribution is 2.27. The zero-order valence-corrected chi connectivity index (χ0v) is 14.5. The van der Waals surface area contributed by atoms with Crippen LogP contribution in [0, 0.1) is 0 Å². The van der Waals surface area contributed by atoms with Crippen molar-refractivity contribution in [2.24, 2.45) is 7.05 Å². The van der Waals surface area contributed by atoms with E-state index in [1.54, 1.807) is 6.20 Å². The van der Waals surface area contributed by atoms with Gasteiger partial charge in [0.15, 0.2) is 0 Å². The van der Waals surface area contributed by atoms with Crippen molar-refractivity contribution in [3.8, 4) is 0 Å². The lowest BCUT2D eigenvalue weighted by molar-refractivity contribution is 0.0191. The molecule has 2 atom stereocenters. The van der Waals surface area contributed by atoms with Crippen molar-refractivity contribution >= 4 is 17.0 Å². The van der Waals surface area contributed by atoms with Crippen molar-refractivity contribution in [1.29, 1.82) is 0 Å². The summed E-state index contributed by atoms with van der Waals surface area (Å²) >= 11 is 0. The summed E-state index contributed by atoms with van der Waals surface area (Å²) in [6, 6.07) is 16.9. The molecule has 3 aromatic rings. The van der Waals surface area contributed by atoms with E-state index in [0.717, 1.165) is 16.5 Å². The smallest absolute Gasteiger partial charge is 0.407 e. The molecule has 0 aliphatic carbocycles. The molecule has 0 aliphatic heterocycles. The highest BCUT2D eigenvalue weighted by molar-refractivity contribution is 5.84. The van der Waals surface area contributed by atoms with Crippen molar-refractivity contribution in [2.75, 3.05) is 6.54 Å². The van der Waals surface area contributed by atoms with Crippen LogP contribution in [0.1, 0.15) is 17.2 Å². The highest BCUT2D eigenvalue weighted by atomic mass is 16.5. The summed E-state index contributed by atoms with van der Waals surface area (Å²) < 4.78 is 6.98. The first-order chi connectivity index (χ1) is 12.6. The highest BCUT2D eigenvalue weighted by Gasteiger charge is 2.23. The number of hydrogen-bond acceptors (Lipinski definition) is 4. The van der Waals surface area contributed by atoms with Gasteiger partial charge in [-0.25, -0.2) is 4.79 Å². The Labute approximate surface area is 151 Å². The molecule has 1 heterocycles. The number of fused-ring (bicyclic) bond motifs is 1. The third-order valence-electron chi connectivity index (χ3n) is 4.28. The molecular formula is C20H22N2O4. The van der Waals surface area contributed by atoms with Gasteiger partial charge in [-0.3, -0.25) is 0 Å². The second-order valence-electron chi connectivity index (χ2n) is 6.17. The number of amides is 1. The van der Waals surface area contributed by atoms with Crippen LogP contribution in [0.5, 0.6) is 0 Å². The van der Waals surface area contributed by atoms with Gasteiger partial charge in [0.05, 0.1) is 0 Å². The Morgan fingerprint density at radius 2 is 1.81 bits per heavy atom. The second-order valence-corrected chi connectivity index (χ2v) is 6.17. The van der Waals surface area contributed by atoms with E-state index in [1.807, 2.05) is 66.2 Å². The fourth-order valence-electron chi connectivity index (χ4n) is 2.89. The van der Waals surface area contributed by atoms with Gasteiger partial charge in [-0.2, -0.15) is 0 Å². The quantitative estimate of drug-likeness (QED) is 0.635. The van der Waals surface area contributed by atoms with Crippen LogP contribution in [0.4, 0.5) is 4.79 Å². The maximum absolute atomic E-state index is 11.8. The number of benzene rings is 2. The van der Waals surface area contributed by atoms with E-state index in [1.165, 1.54) is 0 Å². The average Bonchev–Trinajstić information content (AvgIpc) is 3.01. The number of alkyl carbamates (subject to hydrolysis) is 1. The van der Waals surface area contributed by atoms with Crippen LogP contribution < -0.4 is 5.32 Å². The standard InChI is InChI=1S/C20H22N2O4/c1-22-12-16(15-9-5-6-10-17(15)22)19(24)18(23)11-21-20(25)26-13-14-7-3-2-4-8-14/h2-10,12,18-19,23-24H,11,13H2,1H3,(H,21,25). The van der Waals surface area contributed by atoms with Gasteiger partial charge in [0.1, 0.15) is 18.8 Å². The first-order valence-electron chi connectivity index (χ1n) is 8.41. The summed E-state index contributed by atoms with van der Waals surface area (Å²) in [7, 11) is 1.88. The molecule has 1 aromatic heterocycles. The number of nitrogens with zero attached hydrogens (tertiary/aromatic N) is 1. The van der Waals surface area contributed by atoms with E-state index in [0.29, 0.717) is 5.56 Å². The number of carbonyl (C=O) groups is 1. The lowest BCUT2D eigenvalue weighted by atomic mass is 10.0. The number of aliphatic hydroxyl groups excluding tert-OH is 2. The molecule has 1 amide bonds. The minimum atomic E-state index is -1.15. The first-order valence-corrected chi connectivity index (χ1v) is 8.41. The van der Waals surface area contributed by atoms with Gasteiger partial charge in [0.25, 0.3) is 0 Å². The van der Waals surface area contributed by atoms with Crippen molar-refractivity contribution < 1.29 is 19.7 Å². The van der Waals surface area contributed by atoms with Crippen molar-refractivity contribution in [1.82, 2.24) is 9.88 Å².